The summed E-state index contributed by atoms with van der Waals surface area (Å²) in [6.45, 7) is 0.631. The highest BCUT2D eigenvalue weighted by Gasteiger charge is 2.12. The van der Waals surface area contributed by atoms with E-state index < -0.39 is 0 Å². The van der Waals surface area contributed by atoms with Gasteiger partial charge in [-0.25, -0.2) is 0 Å². The Bertz CT molecular complexity index is 442. The lowest BCUT2D eigenvalue weighted by Crippen LogP contribution is -2.30. The number of hydrogen-bond acceptors (Lipinski definition) is 4. The predicted molar refractivity (Wildman–Crippen MR) is 84.5 cm³/mol. The van der Waals surface area contributed by atoms with Gasteiger partial charge in [-0.15, -0.1) is 0 Å². The van der Waals surface area contributed by atoms with Crippen molar-refractivity contribution in [2.75, 3.05) is 13.2 Å². The first-order valence-corrected chi connectivity index (χ1v) is 8.23. The number of carbonyl (C=O) groups excluding carboxylic acids is 1. The minimum atomic E-state index is -0.102. The average molecular weight is 306 g/mol. The Labute approximate surface area is 132 Å². The van der Waals surface area contributed by atoms with Gasteiger partial charge in [-0.2, -0.15) is 0 Å². The van der Waals surface area contributed by atoms with Gasteiger partial charge in [-0.1, -0.05) is 32.1 Å². The second-order valence-corrected chi connectivity index (χ2v) is 5.93. The zero-order valence-corrected chi connectivity index (χ0v) is 13.1. The fourth-order valence-electron chi connectivity index (χ4n) is 2.88. The summed E-state index contributed by atoms with van der Waals surface area (Å²) < 4.78 is 5.36. The largest absolute Gasteiger partial charge is 0.482 e. The van der Waals surface area contributed by atoms with Crippen LogP contribution in [-0.2, 0) is 11.4 Å². The Kier molecular flexibility index (Phi) is 7.16. The molecule has 0 bridgehead atoms. The SMILES string of the molecule is O=C(COc1ccc(CO)nc1)NCCCC1CCCCC1. The lowest BCUT2D eigenvalue weighted by atomic mass is 9.86. The summed E-state index contributed by atoms with van der Waals surface area (Å²) in [6, 6.07) is 3.38. The molecule has 1 fully saturated rings. The van der Waals surface area contributed by atoms with Gasteiger partial charge in [0.15, 0.2) is 6.61 Å². The maximum atomic E-state index is 11.7. The molecule has 1 aromatic heterocycles. The summed E-state index contributed by atoms with van der Waals surface area (Å²) in [4.78, 5) is 15.7. The fraction of sp³-hybridized carbons (Fsp3) is 0.647. The lowest BCUT2D eigenvalue weighted by Gasteiger charge is -2.21. The van der Waals surface area contributed by atoms with Crippen molar-refractivity contribution in [1.29, 1.82) is 0 Å². The zero-order valence-electron chi connectivity index (χ0n) is 13.1. The minimum Gasteiger partial charge on any atom is -0.482 e. The summed E-state index contributed by atoms with van der Waals surface area (Å²) in [5.41, 5.74) is 0.583. The quantitative estimate of drug-likeness (QED) is 0.724. The van der Waals surface area contributed by atoms with Gasteiger partial charge < -0.3 is 15.2 Å². The highest BCUT2D eigenvalue weighted by atomic mass is 16.5. The number of aliphatic hydroxyl groups excluding tert-OH is 1. The van der Waals surface area contributed by atoms with E-state index in [1.807, 2.05) is 0 Å². The Morgan fingerprint density at radius 2 is 2.14 bits per heavy atom. The van der Waals surface area contributed by atoms with Crippen LogP contribution in [0, 0.1) is 5.92 Å². The second-order valence-electron chi connectivity index (χ2n) is 5.93. The fourth-order valence-corrected chi connectivity index (χ4v) is 2.88. The first-order valence-electron chi connectivity index (χ1n) is 8.23. The van der Waals surface area contributed by atoms with Crippen molar-refractivity contribution in [2.24, 2.45) is 5.92 Å². The summed E-state index contributed by atoms with van der Waals surface area (Å²) in [5.74, 6) is 1.29. The monoisotopic (exact) mass is 306 g/mol. The highest BCUT2D eigenvalue weighted by molar-refractivity contribution is 5.77. The Hall–Kier alpha value is -1.62. The van der Waals surface area contributed by atoms with Gasteiger partial charge in [0.2, 0.25) is 0 Å². The van der Waals surface area contributed by atoms with E-state index in [-0.39, 0.29) is 19.1 Å². The van der Waals surface area contributed by atoms with Crippen molar-refractivity contribution in [2.45, 2.75) is 51.6 Å². The van der Waals surface area contributed by atoms with Gasteiger partial charge in [-0.3, -0.25) is 9.78 Å². The third-order valence-electron chi connectivity index (χ3n) is 4.17. The number of pyridine rings is 1. The smallest absolute Gasteiger partial charge is 0.257 e. The molecule has 1 amide bonds. The van der Waals surface area contributed by atoms with Crippen molar-refractivity contribution in [3.05, 3.63) is 24.0 Å². The second kappa shape index (κ2) is 9.41. The molecule has 1 aliphatic rings. The first kappa shape index (κ1) is 16.7. The van der Waals surface area contributed by atoms with E-state index in [0.717, 1.165) is 18.9 Å². The van der Waals surface area contributed by atoms with E-state index in [1.54, 1.807) is 12.1 Å². The predicted octanol–water partition coefficient (Wildman–Crippen LogP) is 2.43. The molecule has 0 saturated heterocycles. The molecule has 1 heterocycles. The molecule has 0 spiro atoms. The number of nitrogens with one attached hydrogen (secondary N) is 1. The maximum Gasteiger partial charge on any atom is 0.257 e. The van der Waals surface area contributed by atoms with Crippen LogP contribution in [0.25, 0.3) is 0 Å². The summed E-state index contributed by atoms with van der Waals surface area (Å²) in [7, 11) is 0. The highest BCUT2D eigenvalue weighted by Crippen LogP contribution is 2.26. The van der Waals surface area contributed by atoms with Crippen molar-refractivity contribution >= 4 is 5.91 Å². The standard InChI is InChI=1S/C17H26N2O3/c20-12-15-8-9-16(11-19-15)22-13-17(21)18-10-4-7-14-5-2-1-3-6-14/h8-9,11,14,20H,1-7,10,12-13H2,(H,18,21). The van der Waals surface area contributed by atoms with Crippen molar-refractivity contribution in [1.82, 2.24) is 10.3 Å². The third-order valence-corrected chi connectivity index (χ3v) is 4.17. The summed E-state index contributed by atoms with van der Waals surface area (Å²) >= 11 is 0. The lowest BCUT2D eigenvalue weighted by molar-refractivity contribution is -0.123. The molecule has 122 valence electrons. The van der Waals surface area contributed by atoms with Crippen LogP contribution in [0.15, 0.2) is 18.3 Å². The normalized spacial score (nSPS) is 15.5. The molecule has 2 rings (SSSR count). The number of rotatable bonds is 8. The molecule has 0 atom stereocenters. The van der Waals surface area contributed by atoms with Crippen LogP contribution in [0.1, 0.15) is 50.6 Å². The number of ether oxygens (including phenoxy) is 1. The number of hydrogen-bond donors (Lipinski definition) is 2. The first-order chi connectivity index (χ1) is 10.8. The van der Waals surface area contributed by atoms with Crippen LogP contribution in [0.3, 0.4) is 0 Å². The van der Waals surface area contributed by atoms with Crippen LogP contribution in [0.2, 0.25) is 0 Å². The van der Waals surface area contributed by atoms with Gasteiger partial charge >= 0.3 is 0 Å². The molecular weight excluding hydrogens is 280 g/mol. The zero-order chi connectivity index (χ0) is 15.6. The third kappa shape index (κ3) is 6.02. The molecule has 0 radical (unpaired) electrons. The van der Waals surface area contributed by atoms with Gasteiger partial charge in [0.1, 0.15) is 5.75 Å². The molecule has 0 aromatic carbocycles. The maximum absolute atomic E-state index is 11.7. The van der Waals surface area contributed by atoms with E-state index in [0.29, 0.717) is 11.4 Å². The molecule has 0 unspecified atom stereocenters. The van der Waals surface area contributed by atoms with Gasteiger partial charge in [-0.05, 0) is 30.9 Å². The summed E-state index contributed by atoms with van der Waals surface area (Å²) in [6.07, 6.45) is 10.6. The molecule has 0 aliphatic heterocycles. The van der Waals surface area contributed by atoms with E-state index >= 15 is 0 Å². The van der Waals surface area contributed by atoms with Crippen LogP contribution in [0.5, 0.6) is 5.75 Å². The van der Waals surface area contributed by atoms with Crippen LogP contribution in [-0.4, -0.2) is 29.1 Å². The van der Waals surface area contributed by atoms with Gasteiger partial charge in [0.25, 0.3) is 5.91 Å². The number of amides is 1. The van der Waals surface area contributed by atoms with E-state index in [2.05, 4.69) is 10.3 Å². The average Bonchev–Trinajstić information content (AvgIpc) is 2.58. The van der Waals surface area contributed by atoms with Crippen LogP contribution >= 0.6 is 0 Å². The van der Waals surface area contributed by atoms with E-state index in [4.69, 9.17) is 9.84 Å². The molecule has 5 nitrogen and oxygen atoms in total. The van der Waals surface area contributed by atoms with Crippen LogP contribution in [0.4, 0.5) is 0 Å². The number of aliphatic hydroxyl groups is 1. The number of carbonyl (C=O) groups is 1. The molecule has 5 heteroatoms. The Morgan fingerprint density at radius 3 is 2.82 bits per heavy atom. The molecule has 2 N–H and O–H groups in total. The van der Waals surface area contributed by atoms with Crippen molar-refractivity contribution < 1.29 is 14.6 Å². The van der Waals surface area contributed by atoms with E-state index in [1.165, 1.54) is 44.7 Å². The Balaban J connectivity index is 1.55. The van der Waals surface area contributed by atoms with Gasteiger partial charge in [0.05, 0.1) is 18.5 Å². The molecule has 1 aromatic rings. The molecule has 1 aliphatic carbocycles. The van der Waals surface area contributed by atoms with Crippen LogP contribution < -0.4 is 10.1 Å². The molecule has 22 heavy (non-hydrogen) atoms. The number of nitrogens with zero attached hydrogens (tertiary/aromatic N) is 1. The van der Waals surface area contributed by atoms with Gasteiger partial charge in [0, 0.05) is 6.54 Å². The minimum absolute atomic E-state index is 0.00355. The Morgan fingerprint density at radius 1 is 1.32 bits per heavy atom. The van der Waals surface area contributed by atoms with Crippen molar-refractivity contribution in [3.8, 4) is 5.75 Å². The molecule has 1 saturated carbocycles. The molecular formula is C17H26N2O3. The van der Waals surface area contributed by atoms with E-state index in [9.17, 15) is 4.79 Å². The summed E-state index contributed by atoms with van der Waals surface area (Å²) in [5, 5.41) is 11.8. The topological polar surface area (TPSA) is 71.5 Å². The number of aromatic nitrogens is 1. The van der Waals surface area contributed by atoms with Crippen molar-refractivity contribution in [3.63, 3.8) is 0 Å².